The summed E-state index contributed by atoms with van der Waals surface area (Å²) in [6.07, 6.45) is 8.81. The molecule has 0 atom stereocenters. The van der Waals surface area contributed by atoms with E-state index in [0.29, 0.717) is 6.42 Å². The molecular weight excluding hydrogens is 170 g/mol. The first-order valence-corrected chi connectivity index (χ1v) is 5.30. The molecule has 0 N–H and O–H groups in total. The molecule has 0 aliphatic heterocycles. The Labute approximate surface area is 79.0 Å². The van der Waals surface area contributed by atoms with E-state index >= 15 is 0 Å². The average molecular weight is 188 g/mol. The van der Waals surface area contributed by atoms with E-state index in [1.54, 1.807) is 0 Å². The summed E-state index contributed by atoms with van der Waals surface area (Å²) < 4.78 is 23.2. The molecule has 0 aromatic carbocycles. The number of hydrogen-bond acceptors (Lipinski definition) is 0. The highest BCUT2D eigenvalue weighted by Crippen LogP contribution is 2.34. The van der Waals surface area contributed by atoms with Crippen LogP contribution in [0.4, 0.5) is 8.78 Å². The maximum atomic E-state index is 11.6. The minimum absolute atomic E-state index is 0.547. The van der Waals surface area contributed by atoms with Gasteiger partial charge in [0.05, 0.1) is 0 Å². The van der Waals surface area contributed by atoms with Crippen molar-refractivity contribution in [2.75, 3.05) is 0 Å². The minimum atomic E-state index is -1.53. The van der Waals surface area contributed by atoms with Crippen LogP contribution in [-0.2, 0) is 0 Å². The fourth-order valence-electron chi connectivity index (χ4n) is 1.55. The number of halogens is 2. The van der Waals surface area contributed by atoms with Crippen LogP contribution in [-0.4, -0.2) is 0 Å². The van der Waals surface area contributed by atoms with E-state index < -0.39 is 6.08 Å². The normalized spacial score (nSPS) is 15.8. The highest BCUT2D eigenvalue weighted by atomic mass is 19.3. The van der Waals surface area contributed by atoms with E-state index in [4.69, 9.17) is 0 Å². The maximum absolute atomic E-state index is 11.6. The molecule has 1 aliphatic carbocycles. The first kappa shape index (κ1) is 10.7. The largest absolute Gasteiger partial charge is 0.266 e. The Hall–Kier alpha value is -0.400. The minimum Gasteiger partial charge on any atom is -0.174 e. The highest BCUT2D eigenvalue weighted by Gasteiger charge is 2.19. The van der Waals surface area contributed by atoms with E-state index in [1.807, 2.05) is 0 Å². The van der Waals surface area contributed by atoms with Gasteiger partial charge in [-0.3, -0.25) is 0 Å². The van der Waals surface area contributed by atoms with Crippen molar-refractivity contribution >= 4 is 0 Å². The summed E-state index contributed by atoms with van der Waals surface area (Å²) in [4.78, 5) is 0. The van der Waals surface area contributed by atoms with Gasteiger partial charge in [-0.15, -0.1) is 0 Å². The molecule has 0 spiro atoms. The third-order valence-corrected chi connectivity index (χ3v) is 2.56. The Morgan fingerprint density at radius 3 is 2.38 bits per heavy atom. The van der Waals surface area contributed by atoms with E-state index in [1.165, 1.54) is 32.1 Å². The molecule has 1 fully saturated rings. The summed E-state index contributed by atoms with van der Waals surface area (Å²) in [7, 11) is 0. The van der Waals surface area contributed by atoms with Crippen LogP contribution in [0.25, 0.3) is 0 Å². The Kier molecular flexibility index (Phi) is 5.02. The Morgan fingerprint density at radius 1 is 1.08 bits per heavy atom. The van der Waals surface area contributed by atoms with Gasteiger partial charge in [0.2, 0.25) is 0 Å². The number of rotatable bonds is 7. The summed E-state index contributed by atoms with van der Waals surface area (Å²) in [6.45, 7) is 0. The zero-order valence-corrected chi connectivity index (χ0v) is 8.07. The van der Waals surface area contributed by atoms with Crippen molar-refractivity contribution in [1.82, 2.24) is 0 Å². The van der Waals surface area contributed by atoms with E-state index in [-0.39, 0.29) is 0 Å². The van der Waals surface area contributed by atoms with Crippen LogP contribution in [0.1, 0.15) is 51.4 Å². The zero-order chi connectivity index (χ0) is 9.52. The molecule has 1 saturated carbocycles. The van der Waals surface area contributed by atoms with Gasteiger partial charge >= 0.3 is 0 Å². The number of hydrogen-bond donors (Lipinski definition) is 0. The Morgan fingerprint density at radius 2 is 1.77 bits per heavy atom. The van der Waals surface area contributed by atoms with Gasteiger partial charge in [-0.25, -0.2) is 0 Å². The number of unbranched alkanes of at least 4 members (excludes halogenated alkanes) is 4. The second kappa shape index (κ2) is 6.11. The van der Waals surface area contributed by atoms with Crippen LogP contribution >= 0.6 is 0 Å². The summed E-state index contributed by atoms with van der Waals surface area (Å²) in [6, 6.07) is 0. The molecule has 0 saturated heterocycles. The molecule has 13 heavy (non-hydrogen) atoms. The lowest BCUT2D eigenvalue weighted by molar-refractivity contribution is 0.416. The molecule has 2 heteroatoms. The summed E-state index contributed by atoms with van der Waals surface area (Å²) in [5.41, 5.74) is 0. The van der Waals surface area contributed by atoms with E-state index in [0.717, 1.165) is 24.8 Å². The van der Waals surface area contributed by atoms with Crippen LogP contribution in [0.15, 0.2) is 12.2 Å². The van der Waals surface area contributed by atoms with Gasteiger partial charge in [-0.05, 0) is 24.8 Å². The van der Waals surface area contributed by atoms with Gasteiger partial charge in [0.1, 0.15) is 0 Å². The SMILES string of the molecule is FC(F)=CCCCCCCC1CC1. The molecule has 0 aromatic heterocycles. The molecule has 76 valence electrons. The molecule has 0 unspecified atom stereocenters. The lowest BCUT2D eigenvalue weighted by Crippen LogP contribution is -1.80. The van der Waals surface area contributed by atoms with Gasteiger partial charge in [-0.1, -0.05) is 38.5 Å². The summed E-state index contributed by atoms with van der Waals surface area (Å²) >= 11 is 0. The van der Waals surface area contributed by atoms with Crippen LogP contribution in [0.3, 0.4) is 0 Å². The lowest BCUT2D eigenvalue weighted by atomic mass is 10.1. The Balaban J connectivity index is 1.75. The first-order valence-electron chi connectivity index (χ1n) is 5.30. The molecule has 0 heterocycles. The molecule has 1 rings (SSSR count). The predicted molar refractivity (Wildman–Crippen MR) is 50.7 cm³/mol. The zero-order valence-electron chi connectivity index (χ0n) is 8.07. The lowest BCUT2D eigenvalue weighted by Gasteiger charge is -1.97. The molecule has 1 aliphatic rings. The second-order valence-corrected chi connectivity index (χ2v) is 3.93. The van der Waals surface area contributed by atoms with E-state index in [9.17, 15) is 8.78 Å². The van der Waals surface area contributed by atoms with Gasteiger partial charge in [0, 0.05) is 0 Å². The standard InChI is InChI=1S/C11H18F2/c12-11(13)7-5-3-1-2-4-6-10-8-9-10/h7,10H,1-6,8-9H2. The Bertz CT molecular complexity index is 155. The van der Waals surface area contributed by atoms with Crippen LogP contribution in [0, 0.1) is 5.92 Å². The van der Waals surface area contributed by atoms with Crippen LogP contribution in [0.5, 0.6) is 0 Å². The van der Waals surface area contributed by atoms with Gasteiger partial charge in [-0.2, -0.15) is 8.78 Å². The molecule has 0 amide bonds. The maximum Gasteiger partial charge on any atom is 0.266 e. The molecule has 0 aromatic rings. The van der Waals surface area contributed by atoms with Gasteiger partial charge < -0.3 is 0 Å². The quantitative estimate of drug-likeness (QED) is 0.515. The summed E-state index contributed by atoms with van der Waals surface area (Å²) in [5, 5.41) is 0. The smallest absolute Gasteiger partial charge is 0.174 e. The van der Waals surface area contributed by atoms with E-state index in [2.05, 4.69) is 0 Å². The molecule has 0 radical (unpaired) electrons. The second-order valence-electron chi connectivity index (χ2n) is 3.93. The number of allylic oxidation sites excluding steroid dienone is 1. The average Bonchev–Trinajstić information content (AvgIpc) is 2.86. The van der Waals surface area contributed by atoms with Crippen LogP contribution in [0.2, 0.25) is 0 Å². The van der Waals surface area contributed by atoms with Gasteiger partial charge in [0.15, 0.2) is 0 Å². The highest BCUT2D eigenvalue weighted by molar-refractivity contribution is 4.79. The molecule has 0 bridgehead atoms. The third-order valence-electron chi connectivity index (χ3n) is 2.56. The monoisotopic (exact) mass is 188 g/mol. The van der Waals surface area contributed by atoms with Crippen molar-refractivity contribution in [2.45, 2.75) is 51.4 Å². The van der Waals surface area contributed by atoms with Crippen molar-refractivity contribution in [2.24, 2.45) is 5.92 Å². The fourth-order valence-corrected chi connectivity index (χ4v) is 1.55. The van der Waals surface area contributed by atoms with Crippen molar-refractivity contribution in [3.05, 3.63) is 12.2 Å². The third kappa shape index (κ3) is 6.73. The van der Waals surface area contributed by atoms with Crippen molar-refractivity contribution in [3.63, 3.8) is 0 Å². The predicted octanol–water partition coefficient (Wildman–Crippen LogP) is 4.52. The topological polar surface area (TPSA) is 0 Å². The first-order chi connectivity index (χ1) is 6.29. The van der Waals surface area contributed by atoms with Crippen molar-refractivity contribution in [3.8, 4) is 0 Å². The van der Waals surface area contributed by atoms with Crippen molar-refractivity contribution in [1.29, 1.82) is 0 Å². The fraction of sp³-hybridized carbons (Fsp3) is 0.818. The molecular formula is C11H18F2. The molecule has 0 nitrogen and oxygen atoms in total. The van der Waals surface area contributed by atoms with Gasteiger partial charge in [0.25, 0.3) is 6.08 Å². The van der Waals surface area contributed by atoms with Crippen molar-refractivity contribution < 1.29 is 8.78 Å². The summed E-state index contributed by atoms with van der Waals surface area (Å²) in [5.74, 6) is 1.02. The van der Waals surface area contributed by atoms with Crippen LogP contribution < -0.4 is 0 Å².